The Balaban J connectivity index is 2.01. The van der Waals surface area contributed by atoms with E-state index in [4.69, 9.17) is 0 Å². The topological polar surface area (TPSA) is 29.1 Å². The Hall–Kier alpha value is -1.87. The summed E-state index contributed by atoms with van der Waals surface area (Å²) in [6, 6.07) is 18.8. The van der Waals surface area contributed by atoms with E-state index < -0.39 is 8.80 Å². The maximum Gasteiger partial charge on any atom is 0.224 e. The highest BCUT2D eigenvalue weighted by Crippen LogP contribution is 2.41. The van der Waals surface area contributed by atoms with Crippen molar-refractivity contribution in [3.8, 4) is 0 Å². The third-order valence-corrected chi connectivity index (χ3v) is 9.26. The molecule has 0 saturated heterocycles. The predicted octanol–water partition coefficient (Wildman–Crippen LogP) is 4.58. The predicted molar refractivity (Wildman–Crippen MR) is 115 cm³/mol. The maximum atomic E-state index is 12.2. The van der Waals surface area contributed by atoms with E-state index in [1.807, 2.05) is 30.3 Å². The van der Waals surface area contributed by atoms with Gasteiger partial charge in [0.15, 0.2) is 0 Å². The first-order chi connectivity index (χ1) is 12.1. The monoisotopic (exact) mass is 367 g/mol. The van der Waals surface area contributed by atoms with Gasteiger partial charge < -0.3 is 5.32 Å². The third kappa shape index (κ3) is 5.84. The minimum absolute atomic E-state index is 0.0713. The summed E-state index contributed by atoms with van der Waals surface area (Å²) < 4.78 is 0. The van der Waals surface area contributed by atoms with E-state index in [9.17, 15) is 4.79 Å². The smallest absolute Gasteiger partial charge is 0.224 e. The van der Waals surface area contributed by atoms with Crippen molar-refractivity contribution in [2.45, 2.75) is 64.6 Å². The second kappa shape index (κ2) is 8.21. The lowest BCUT2D eigenvalue weighted by atomic mass is 10.1. The van der Waals surface area contributed by atoms with Crippen molar-refractivity contribution in [2.75, 3.05) is 0 Å². The maximum absolute atomic E-state index is 12.2. The van der Waals surface area contributed by atoms with Gasteiger partial charge in [0.05, 0.1) is 15.2 Å². The first kappa shape index (κ1) is 20.4. The molecular formula is C23H33NOSi. The lowest BCUT2D eigenvalue weighted by Crippen LogP contribution is -2.45. The number of amides is 1. The molecule has 2 rings (SSSR count). The van der Waals surface area contributed by atoms with Crippen molar-refractivity contribution < 1.29 is 4.79 Å². The summed E-state index contributed by atoms with van der Waals surface area (Å²) in [6.45, 7) is 14.8. The minimum atomic E-state index is -1.18. The Bertz CT molecular complexity index is 695. The fraction of sp³-hybridized carbons (Fsp3) is 0.435. The van der Waals surface area contributed by atoms with Crippen LogP contribution in [0.5, 0.6) is 0 Å². The number of carbonyl (C=O) groups excluding carboxylic acids is 1. The molecule has 0 saturated carbocycles. The first-order valence-electron chi connectivity index (χ1n) is 9.47. The van der Waals surface area contributed by atoms with Crippen LogP contribution in [0.1, 0.15) is 52.7 Å². The van der Waals surface area contributed by atoms with Gasteiger partial charge in [-0.3, -0.25) is 4.79 Å². The van der Waals surface area contributed by atoms with E-state index in [0.717, 1.165) is 11.1 Å². The molecule has 1 amide bonds. The molecule has 0 atom stereocenters. The number of rotatable bonds is 5. The Morgan fingerprint density at radius 2 is 1.35 bits per heavy atom. The van der Waals surface area contributed by atoms with E-state index in [2.05, 4.69) is 71.1 Å². The summed E-state index contributed by atoms with van der Waals surface area (Å²) in [5, 5.41) is 5.14. The van der Waals surface area contributed by atoms with Crippen LogP contribution in [0.15, 0.2) is 54.6 Å². The molecule has 3 heteroatoms. The van der Waals surface area contributed by atoms with E-state index >= 15 is 0 Å². The molecule has 0 aliphatic heterocycles. The molecule has 26 heavy (non-hydrogen) atoms. The van der Waals surface area contributed by atoms with Crippen molar-refractivity contribution in [2.24, 2.45) is 0 Å². The summed E-state index contributed by atoms with van der Waals surface area (Å²) in [5.41, 5.74) is 2.20. The van der Waals surface area contributed by atoms with Crippen molar-refractivity contribution >= 4 is 19.9 Å². The third-order valence-electron chi connectivity index (χ3n) is 4.74. The molecular weight excluding hydrogens is 334 g/mol. The zero-order valence-electron chi connectivity index (χ0n) is 17.1. The Morgan fingerprint density at radius 1 is 0.808 bits per heavy atom. The van der Waals surface area contributed by atoms with Crippen LogP contribution < -0.4 is 10.5 Å². The number of carbonyl (C=O) groups is 1. The molecule has 0 aliphatic rings. The van der Waals surface area contributed by atoms with Gasteiger partial charge >= 0.3 is 0 Å². The molecule has 0 aromatic heterocycles. The fourth-order valence-corrected chi connectivity index (χ4v) is 9.35. The second-order valence-corrected chi connectivity index (χ2v) is 14.3. The fourth-order valence-electron chi connectivity index (χ4n) is 4.17. The van der Waals surface area contributed by atoms with E-state index in [1.165, 1.54) is 5.19 Å². The molecule has 140 valence electrons. The van der Waals surface area contributed by atoms with Crippen LogP contribution >= 0.6 is 0 Å². The van der Waals surface area contributed by atoms with E-state index in [0.29, 0.717) is 23.0 Å². The van der Waals surface area contributed by atoms with Crippen LogP contribution in [0, 0.1) is 0 Å². The summed E-state index contributed by atoms with van der Waals surface area (Å²) in [5.74, 6) is 0.0713. The van der Waals surface area contributed by atoms with Gasteiger partial charge in [-0.25, -0.2) is 0 Å². The zero-order chi connectivity index (χ0) is 19.4. The van der Waals surface area contributed by atoms with Gasteiger partial charge in [-0.2, -0.15) is 0 Å². The van der Waals surface area contributed by atoms with E-state index in [-0.39, 0.29) is 5.91 Å². The number of nitrogens with one attached hydrogen (secondary N) is 1. The Labute approximate surface area is 160 Å². The van der Waals surface area contributed by atoms with Gasteiger partial charge in [0.1, 0.15) is 0 Å². The number of hydrogen-bond acceptors (Lipinski definition) is 1. The lowest BCUT2D eigenvalue weighted by molar-refractivity contribution is -0.120. The lowest BCUT2D eigenvalue weighted by Gasteiger charge is -2.39. The van der Waals surface area contributed by atoms with Crippen molar-refractivity contribution in [3.05, 3.63) is 65.7 Å². The molecule has 0 spiro atoms. The zero-order valence-corrected chi connectivity index (χ0v) is 18.3. The SMILES string of the molecule is CC(C)(C)[SiH](c1ccc(CC(=O)NCc2ccccc2)cc1)C(C)(C)C. The molecule has 0 aliphatic carbocycles. The standard InChI is InChI=1S/C23H33NOSi/c1-22(2,3)26(23(4,5)6)20-14-12-18(13-15-20)16-21(25)24-17-19-10-8-7-9-11-19/h7-15,26H,16-17H2,1-6H3,(H,24,25). The summed E-state index contributed by atoms with van der Waals surface area (Å²) in [7, 11) is -1.18. The highest BCUT2D eigenvalue weighted by atomic mass is 28.3. The highest BCUT2D eigenvalue weighted by Gasteiger charge is 2.37. The average molecular weight is 368 g/mol. The van der Waals surface area contributed by atoms with Crippen molar-refractivity contribution in [1.29, 1.82) is 0 Å². The molecule has 2 aromatic rings. The quantitative estimate of drug-likeness (QED) is 0.770. The molecule has 0 unspecified atom stereocenters. The second-order valence-electron chi connectivity index (χ2n) is 9.35. The van der Waals surface area contributed by atoms with Gasteiger partial charge in [0, 0.05) is 6.54 Å². The van der Waals surface area contributed by atoms with Gasteiger partial charge in [-0.15, -0.1) is 0 Å². The summed E-state index contributed by atoms with van der Waals surface area (Å²) in [6.07, 6.45) is 0.435. The van der Waals surface area contributed by atoms with Crippen LogP contribution in [-0.2, 0) is 17.8 Å². The summed E-state index contributed by atoms with van der Waals surface area (Å²) >= 11 is 0. The van der Waals surface area contributed by atoms with Gasteiger partial charge in [0.2, 0.25) is 5.91 Å². The molecule has 0 bridgehead atoms. The Kier molecular flexibility index (Phi) is 6.46. The average Bonchev–Trinajstić information content (AvgIpc) is 2.53. The van der Waals surface area contributed by atoms with Gasteiger partial charge in [0.25, 0.3) is 0 Å². The van der Waals surface area contributed by atoms with Gasteiger partial charge in [-0.05, 0) is 21.2 Å². The molecule has 0 heterocycles. The number of benzene rings is 2. The van der Waals surface area contributed by atoms with Crippen LogP contribution in [0.3, 0.4) is 0 Å². The highest BCUT2D eigenvalue weighted by molar-refractivity contribution is 6.78. The molecule has 2 aromatic carbocycles. The molecule has 0 radical (unpaired) electrons. The van der Waals surface area contributed by atoms with Crippen LogP contribution in [0.4, 0.5) is 0 Å². The largest absolute Gasteiger partial charge is 0.352 e. The normalized spacial score (nSPS) is 12.3. The Morgan fingerprint density at radius 3 is 1.85 bits per heavy atom. The first-order valence-corrected chi connectivity index (χ1v) is 11.2. The van der Waals surface area contributed by atoms with Gasteiger partial charge in [-0.1, -0.05) is 101 Å². The molecule has 2 nitrogen and oxygen atoms in total. The van der Waals surface area contributed by atoms with Crippen LogP contribution in [0.2, 0.25) is 10.1 Å². The summed E-state index contributed by atoms with van der Waals surface area (Å²) in [4.78, 5) is 12.2. The van der Waals surface area contributed by atoms with E-state index in [1.54, 1.807) is 0 Å². The van der Waals surface area contributed by atoms with Crippen molar-refractivity contribution in [3.63, 3.8) is 0 Å². The minimum Gasteiger partial charge on any atom is -0.352 e. The molecule has 0 fully saturated rings. The van der Waals surface area contributed by atoms with Crippen molar-refractivity contribution in [1.82, 2.24) is 5.32 Å². The van der Waals surface area contributed by atoms with Crippen LogP contribution in [0.25, 0.3) is 0 Å². The number of hydrogen-bond donors (Lipinski definition) is 1. The molecule has 1 N–H and O–H groups in total. The van der Waals surface area contributed by atoms with Crippen LogP contribution in [-0.4, -0.2) is 14.7 Å².